The molecule has 1 amide bonds. The van der Waals surface area contributed by atoms with Gasteiger partial charge in [-0.2, -0.15) is 5.21 Å². The molecule has 1 heterocycles. The normalized spacial score (nSPS) is 17.5. The predicted molar refractivity (Wildman–Crippen MR) is 94.5 cm³/mol. The number of amides is 1. The lowest BCUT2D eigenvalue weighted by Gasteiger charge is -2.10. The summed E-state index contributed by atoms with van der Waals surface area (Å²) in [6.07, 6.45) is 0.498. The van der Waals surface area contributed by atoms with Crippen LogP contribution in [0, 0.1) is 0 Å². The van der Waals surface area contributed by atoms with Crippen molar-refractivity contribution in [3.8, 4) is 0 Å². The van der Waals surface area contributed by atoms with Crippen LogP contribution in [0.5, 0.6) is 0 Å². The molecule has 27 heavy (non-hydrogen) atoms. The average Bonchev–Trinajstić information content (AvgIpc) is 3.03. The number of hydrogen-bond acceptors (Lipinski definition) is 4. The molecule has 6 nitrogen and oxygen atoms in total. The summed E-state index contributed by atoms with van der Waals surface area (Å²) in [5, 5.41) is 16.6. The molecule has 1 saturated carbocycles. The molecule has 3 aromatic rings. The summed E-state index contributed by atoms with van der Waals surface area (Å²) in [6.45, 7) is 0. The summed E-state index contributed by atoms with van der Waals surface area (Å²) in [6, 6.07) is 14.2. The fourth-order valence-electron chi connectivity index (χ4n) is 3.12. The van der Waals surface area contributed by atoms with Gasteiger partial charge in [-0.15, -0.1) is 10.2 Å². The third-order valence-electron chi connectivity index (χ3n) is 4.61. The molecule has 2 aromatic carbocycles. The Labute approximate surface area is 154 Å². The highest BCUT2D eigenvalue weighted by atomic mass is 19.3. The van der Waals surface area contributed by atoms with Crippen molar-refractivity contribution in [1.29, 1.82) is 0 Å². The van der Waals surface area contributed by atoms with Gasteiger partial charge in [-0.25, -0.2) is 8.78 Å². The lowest BCUT2D eigenvalue weighted by Crippen LogP contribution is -2.15. The highest BCUT2D eigenvalue weighted by Gasteiger charge is 2.57. The molecule has 1 aromatic heterocycles. The first kappa shape index (κ1) is 17.3. The molecule has 0 bridgehead atoms. The van der Waals surface area contributed by atoms with Crippen molar-refractivity contribution in [2.75, 3.05) is 5.32 Å². The van der Waals surface area contributed by atoms with E-state index in [1.165, 1.54) is 0 Å². The van der Waals surface area contributed by atoms with Crippen LogP contribution in [-0.2, 0) is 17.6 Å². The molecule has 0 aliphatic heterocycles. The number of H-pyrrole nitrogens is 1. The predicted octanol–water partition coefficient (Wildman–Crippen LogP) is 3.09. The maximum Gasteiger partial charge on any atom is 0.255 e. The van der Waals surface area contributed by atoms with Gasteiger partial charge >= 0.3 is 0 Å². The molecular weight excluding hydrogens is 352 g/mol. The zero-order valence-electron chi connectivity index (χ0n) is 14.3. The van der Waals surface area contributed by atoms with E-state index in [1.807, 2.05) is 24.3 Å². The van der Waals surface area contributed by atoms with Crippen LogP contribution in [-0.4, -0.2) is 32.5 Å². The SMILES string of the molecule is O=C(Cc1ccccc1Cc1nn[nH]n1)Nc1cccc(C2CC2(F)F)c1. The Morgan fingerprint density at radius 2 is 1.96 bits per heavy atom. The molecule has 1 unspecified atom stereocenters. The summed E-state index contributed by atoms with van der Waals surface area (Å²) in [7, 11) is 0. The number of halogens is 2. The van der Waals surface area contributed by atoms with Gasteiger partial charge in [0.1, 0.15) is 0 Å². The first-order valence-corrected chi connectivity index (χ1v) is 8.58. The zero-order valence-corrected chi connectivity index (χ0v) is 14.3. The summed E-state index contributed by atoms with van der Waals surface area (Å²) in [5.74, 6) is -3.04. The highest BCUT2D eigenvalue weighted by molar-refractivity contribution is 5.92. The van der Waals surface area contributed by atoms with Gasteiger partial charge in [0.05, 0.1) is 12.3 Å². The smallest absolute Gasteiger partial charge is 0.255 e. The topological polar surface area (TPSA) is 83.6 Å². The molecule has 1 fully saturated rings. The number of aromatic nitrogens is 4. The van der Waals surface area contributed by atoms with Crippen LogP contribution < -0.4 is 5.32 Å². The molecule has 1 aliphatic carbocycles. The molecule has 8 heteroatoms. The fourth-order valence-corrected chi connectivity index (χ4v) is 3.12. The number of rotatable bonds is 6. The summed E-state index contributed by atoms with van der Waals surface area (Å²) >= 11 is 0. The Hall–Kier alpha value is -3.16. The minimum absolute atomic E-state index is 0.131. The second-order valence-corrected chi connectivity index (χ2v) is 6.64. The largest absolute Gasteiger partial charge is 0.326 e. The maximum absolute atomic E-state index is 13.3. The number of tetrazole rings is 1. The van der Waals surface area contributed by atoms with E-state index < -0.39 is 11.8 Å². The second-order valence-electron chi connectivity index (χ2n) is 6.64. The third kappa shape index (κ3) is 3.99. The molecule has 4 rings (SSSR count). The number of hydrogen-bond donors (Lipinski definition) is 2. The van der Waals surface area contributed by atoms with Gasteiger partial charge in [0.25, 0.3) is 5.92 Å². The lowest BCUT2D eigenvalue weighted by molar-refractivity contribution is -0.115. The molecular formula is C19H17F2N5O. The minimum Gasteiger partial charge on any atom is -0.326 e. The standard InChI is InChI=1S/C19H17F2N5O/c20-19(21)11-16(19)14-6-3-7-15(8-14)22-18(27)10-13-5-2-1-4-12(13)9-17-23-25-26-24-17/h1-8,16H,9-11H2,(H,22,27)(H,23,24,25,26). The van der Waals surface area contributed by atoms with Crippen LogP contribution in [0.15, 0.2) is 48.5 Å². The van der Waals surface area contributed by atoms with E-state index in [0.29, 0.717) is 23.5 Å². The number of nitrogens with one attached hydrogen (secondary N) is 2. The van der Waals surface area contributed by atoms with Crippen molar-refractivity contribution in [3.05, 3.63) is 71.0 Å². The summed E-state index contributed by atoms with van der Waals surface area (Å²) < 4.78 is 26.5. The average molecular weight is 369 g/mol. The van der Waals surface area contributed by atoms with Crippen molar-refractivity contribution in [2.45, 2.75) is 31.1 Å². The zero-order chi connectivity index (χ0) is 18.9. The molecule has 138 valence electrons. The van der Waals surface area contributed by atoms with Crippen molar-refractivity contribution in [2.24, 2.45) is 0 Å². The monoisotopic (exact) mass is 369 g/mol. The van der Waals surface area contributed by atoms with Gasteiger partial charge in [-0.3, -0.25) is 4.79 Å². The van der Waals surface area contributed by atoms with Gasteiger partial charge in [0, 0.05) is 18.5 Å². The molecule has 0 spiro atoms. The van der Waals surface area contributed by atoms with Crippen LogP contribution in [0.25, 0.3) is 0 Å². The first-order valence-electron chi connectivity index (χ1n) is 8.58. The van der Waals surface area contributed by atoms with Crippen molar-refractivity contribution >= 4 is 11.6 Å². The Morgan fingerprint density at radius 3 is 2.67 bits per heavy atom. The van der Waals surface area contributed by atoms with E-state index in [4.69, 9.17) is 0 Å². The van der Waals surface area contributed by atoms with Crippen LogP contribution in [0.2, 0.25) is 0 Å². The van der Waals surface area contributed by atoms with Gasteiger partial charge < -0.3 is 5.32 Å². The van der Waals surface area contributed by atoms with E-state index in [0.717, 1.165) is 11.1 Å². The number of carbonyl (C=O) groups excluding carboxylic acids is 1. The number of nitrogens with zero attached hydrogens (tertiary/aromatic N) is 3. The van der Waals surface area contributed by atoms with Crippen molar-refractivity contribution < 1.29 is 13.6 Å². The quantitative estimate of drug-likeness (QED) is 0.699. The van der Waals surface area contributed by atoms with E-state index in [9.17, 15) is 13.6 Å². The first-order chi connectivity index (χ1) is 13.0. The Morgan fingerprint density at radius 1 is 1.19 bits per heavy atom. The van der Waals surface area contributed by atoms with Gasteiger partial charge in [-0.05, 0) is 28.8 Å². The number of carbonyl (C=O) groups is 1. The van der Waals surface area contributed by atoms with E-state index >= 15 is 0 Å². The maximum atomic E-state index is 13.3. The molecule has 1 aliphatic rings. The van der Waals surface area contributed by atoms with Crippen LogP contribution in [0.4, 0.5) is 14.5 Å². The van der Waals surface area contributed by atoms with Gasteiger partial charge in [-0.1, -0.05) is 41.6 Å². The summed E-state index contributed by atoms with van der Waals surface area (Å²) in [5.41, 5.74) is 2.86. The molecule has 0 saturated heterocycles. The number of alkyl halides is 2. The van der Waals surface area contributed by atoms with Gasteiger partial charge in [0.2, 0.25) is 5.91 Å². The van der Waals surface area contributed by atoms with E-state index in [2.05, 4.69) is 25.9 Å². The summed E-state index contributed by atoms with van der Waals surface area (Å²) in [4.78, 5) is 12.5. The Balaban J connectivity index is 1.44. The van der Waals surface area contributed by atoms with Crippen LogP contribution in [0.1, 0.15) is 34.9 Å². The molecule has 1 atom stereocenters. The van der Waals surface area contributed by atoms with Crippen molar-refractivity contribution in [3.63, 3.8) is 0 Å². The third-order valence-corrected chi connectivity index (χ3v) is 4.61. The minimum atomic E-state index is -2.63. The lowest BCUT2D eigenvalue weighted by atomic mass is 10.0. The number of benzene rings is 2. The van der Waals surface area contributed by atoms with E-state index in [-0.39, 0.29) is 18.7 Å². The second kappa shape index (κ2) is 6.86. The van der Waals surface area contributed by atoms with Crippen LogP contribution in [0.3, 0.4) is 0 Å². The number of anilines is 1. The van der Waals surface area contributed by atoms with Crippen LogP contribution >= 0.6 is 0 Å². The Kier molecular flexibility index (Phi) is 4.39. The number of aromatic amines is 1. The molecule has 2 N–H and O–H groups in total. The van der Waals surface area contributed by atoms with Crippen molar-refractivity contribution in [1.82, 2.24) is 20.6 Å². The Bertz CT molecular complexity index is 958. The van der Waals surface area contributed by atoms with E-state index in [1.54, 1.807) is 24.3 Å². The van der Waals surface area contributed by atoms with Gasteiger partial charge in [0.15, 0.2) is 5.82 Å². The molecule has 0 radical (unpaired) electrons. The fraction of sp³-hybridized carbons (Fsp3) is 0.263. The highest BCUT2D eigenvalue weighted by Crippen LogP contribution is 2.55.